The average Bonchev–Trinajstić information content (AvgIpc) is 3.41. The maximum atomic E-state index is 2.73. The Labute approximate surface area is 291 Å². The number of benzene rings is 2. The highest BCUT2D eigenvalue weighted by molar-refractivity contribution is 5.22. The van der Waals surface area contributed by atoms with Crippen LogP contribution >= 0.6 is 0 Å². The van der Waals surface area contributed by atoms with Crippen LogP contribution < -0.4 is 4.57 Å². The van der Waals surface area contributed by atoms with Crippen LogP contribution in [0, 0.1) is 0 Å². The van der Waals surface area contributed by atoms with Crippen molar-refractivity contribution in [1.82, 2.24) is 4.57 Å². The van der Waals surface area contributed by atoms with E-state index in [1.165, 1.54) is 164 Å². The molecule has 0 spiro atoms. The van der Waals surface area contributed by atoms with Crippen molar-refractivity contribution in [2.45, 2.75) is 194 Å². The second-order valence-corrected chi connectivity index (χ2v) is 14.6. The van der Waals surface area contributed by atoms with Gasteiger partial charge in [0.25, 0.3) is 5.82 Å². The van der Waals surface area contributed by atoms with Crippen molar-refractivity contribution < 1.29 is 4.57 Å². The van der Waals surface area contributed by atoms with E-state index in [9.17, 15) is 0 Å². The average molecular weight is 642 g/mol. The molecule has 0 aliphatic rings. The number of hydrogen-bond acceptors (Lipinski definition) is 0. The zero-order chi connectivity index (χ0) is 33.2. The highest BCUT2D eigenvalue weighted by Crippen LogP contribution is 2.23. The van der Waals surface area contributed by atoms with E-state index < -0.39 is 0 Å². The molecular formula is C45H73N2+. The molecule has 3 aromatic rings. The van der Waals surface area contributed by atoms with Crippen LogP contribution in [0.15, 0.2) is 66.9 Å². The Morgan fingerprint density at radius 3 is 1.49 bits per heavy atom. The predicted octanol–water partition coefficient (Wildman–Crippen LogP) is 13.3. The Balaban J connectivity index is 1.51. The molecule has 47 heavy (non-hydrogen) atoms. The minimum absolute atomic E-state index is 0.517. The van der Waals surface area contributed by atoms with Crippen molar-refractivity contribution in [3.8, 4) is 0 Å². The van der Waals surface area contributed by atoms with Crippen LogP contribution in [-0.2, 0) is 25.9 Å². The zero-order valence-corrected chi connectivity index (χ0v) is 31.2. The number of hydrogen-bond donors (Lipinski definition) is 0. The van der Waals surface area contributed by atoms with Gasteiger partial charge in [-0.15, -0.1) is 0 Å². The van der Waals surface area contributed by atoms with Gasteiger partial charge in [0, 0.05) is 6.42 Å². The molecule has 0 amide bonds. The van der Waals surface area contributed by atoms with Crippen molar-refractivity contribution in [3.63, 3.8) is 0 Å². The lowest BCUT2D eigenvalue weighted by Gasteiger charge is -2.12. The number of aromatic nitrogens is 2. The molecule has 1 unspecified atom stereocenters. The largest absolute Gasteiger partial charge is 0.261 e. The number of nitrogens with zero attached hydrogens (tertiary/aromatic N) is 2. The minimum Gasteiger partial charge on any atom is -0.234 e. The molecule has 1 atom stereocenters. The summed E-state index contributed by atoms with van der Waals surface area (Å²) in [6, 6.07) is 22.3. The number of rotatable bonds is 29. The van der Waals surface area contributed by atoms with Gasteiger partial charge in [-0.25, -0.2) is 9.13 Å². The van der Waals surface area contributed by atoms with Crippen molar-refractivity contribution in [1.29, 1.82) is 0 Å². The molecular weight excluding hydrogens is 569 g/mol. The summed E-state index contributed by atoms with van der Waals surface area (Å²) < 4.78 is 5.39. The lowest BCUT2D eigenvalue weighted by Crippen LogP contribution is -2.37. The second kappa shape index (κ2) is 25.6. The first-order valence-electron chi connectivity index (χ1n) is 20.4. The Morgan fingerprint density at radius 1 is 0.532 bits per heavy atom. The van der Waals surface area contributed by atoms with E-state index in [4.69, 9.17) is 0 Å². The Kier molecular flexibility index (Phi) is 21.3. The zero-order valence-electron chi connectivity index (χ0n) is 31.2. The lowest BCUT2D eigenvalue weighted by molar-refractivity contribution is -0.704. The summed E-state index contributed by atoms with van der Waals surface area (Å²) in [5.41, 5.74) is 4.41. The molecule has 3 rings (SSSR count). The van der Waals surface area contributed by atoms with E-state index >= 15 is 0 Å². The summed E-state index contributed by atoms with van der Waals surface area (Å²) in [5.74, 6) is 2.03. The highest BCUT2D eigenvalue weighted by Gasteiger charge is 2.25. The Morgan fingerprint density at radius 2 is 0.979 bits per heavy atom. The van der Waals surface area contributed by atoms with Gasteiger partial charge in [0.2, 0.25) is 0 Å². The van der Waals surface area contributed by atoms with Crippen molar-refractivity contribution in [2.75, 3.05) is 0 Å². The third kappa shape index (κ3) is 16.5. The molecule has 0 aliphatic heterocycles. The molecule has 0 fully saturated rings. The summed E-state index contributed by atoms with van der Waals surface area (Å²) in [6.45, 7) is 9.33. The van der Waals surface area contributed by atoms with Crippen LogP contribution in [0.25, 0.3) is 0 Å². The van der Waals surface area contributed by atoms with Crippen LogP contribution in [0.5, 0.6) is 0 Å². The van der Waals surface area contributed by atoms with Crippen LogP contribution in [0.1, 0.15) is 191 Å². The molecule has 0 N–H and O–H groups in total. The Bertz CT molecular complexity index is 1130. The fourth-order valence-electron chi connectivity index (χ4n) is 7.34. The summed E-state index contributed by atoms with van der Waals surface area (Å²) in [6.07, 6.45) is 35.5. The van der Waals surface area contributed by atoms with Gasteiger partial charge in [0.1, 0.15) is 11.9 Å². The first-order chi connectivity index (χ1) is 23.2. The molecule has 0 radical (unpaired) electrons. The van der Waals surface area contributed by atoms with Gasteiger partial charge in [-0.3, -0.25) is 0 Å². The monoisotopic (exact) mass is 642 g/mol. The molecule has 1 aromatic heterocycles. The molecule has 262 valence electrons. The predicted molar refractivity (Wildman–Crippen MR) is 205 cm³/mol. The van der Waals surface area contributed by atoms with Crippen LogP contribution in [0.3, 0.4) is 0 Å². The molecule has 0 saturated heterocycles. The normalized spacial score (nSPS) is 12.1. The van der Waals surface area contributed by atoms with Gasteiger partial charge in [-0.2, -0.15) is 0 Å². The molecule has 0 aliphatic carbocycles. The number of imidazole rings is 1. The summed E-state index contributed by atoms with van der Waals surface area (Å²) in [7, 11) is 0. The van der Waals surface area contributed by atoms with E-state index in [-0.39, 0.29) is 0 Å². The molecule has 0 saturated carbocycles. The molecule has 1 heterocycles. The minimum atomic E-state index is 0.517. The molecule has 2 aromatic carbocycles. The summed E-state index contributed by atoms with van der Waals surface area (Å²) in [5, 5.41) is 0. The van der Waals surface area contributed by atoms with Crippen molar-refractivity contribution in [3.05, 3.63) is 89.5 Å². The van der Waals surface area contributed by atoms with E-state index in [2.05, 4.69) is 96.8 Å². The molecule has 2 nitrogen and oxygen atoms in total. The van der Waals surface area contributed by atoms with Gasteiger partial charge in [0.15, 0.2) is 0 Å². The molecule has 0 bridgehead atoms. The third-order valence-corrected chi connectivity index (χ3v) is 10.4. The fourth-order valence-corrected chi connectivity index (χ4v) is 7.34. The fraction of sp³-hybridized carbons (Fsp3) is 0.667. The van der Waals surface area contributed by atoms with Crippen LogP contribution in [-0.4, -0.2) is 4.57 Å². The van der Waals surface area contributed by atoms with E-state index in [0.29, 0.717) is 5.92 Å². The first kappa shape index (κ1) is 39.1. The first-order valence-corrected chi connectivity index (χ1v) is 20.4. The quantitative estimate of drug-likeness (QED) is 0.0527. The van der Waals surface area contributed by atoms with Gasteiger partial charge < -0.3 is 0 Å². The van der Waals surface area contributed by atoms with Gasteiger partial charge in [0.05, 0.1) is 19.5 Å². The number of aryl methyl sites for hydroxylation is 1. The lowest BCUT2D eigenvalue weighted by atomic mass is 9.96. The maximum absolute atomic E-state index is 2.73. The standard InChI is InChI=1S/C45H73N2/c1-4-6-8-10-12-13-14-15-16-17-18-19-20-21-22-30-36-46-40-44(38-41(3)43-34-28-25-29-35-43)47(37-31-23-11-9-7-5-2)45(46)39-42-32-26-24-27-33-42/h24-29,32-35,40-41H,4-23,30-31,36-39H2,1-3H3/q+1. The SMILES string of the molecule is CCCCCCCCCCCCCCCCCC[n+]1cc(CC(C)c2ccccc2)n(CCCCCCCC)c1Cc1ccccc1. The summed E-state index contributed by atoms with van der Waals surface area (Å²) >= 11 is 0. The summed E-state index contributed by atoms with van der Waals surface area (Å²) in [4.78, 5) is 0. The van der Waals surface area contributed by atoms with Gasteiger partial charge in [-0.05, 0) is 42.7 Å². The van der Waals surface area contributed by atoms with Crippen molar-refractivity contribution in [2.24, 2.45) is 0 Å². The second-order valence-electron chi connectivity index (χ2n) is 14.6. The van der Waals surface area contributed by atoms with E-state index in [1.807, 2.05) is 0 Å². The van der Waals surface area contributed by atoms with Crippen molar-refractivity contribution >= 4 is 0 Å². The molecule has 2 heteroatoms. The van der Waals surface area contributed by atoms with Gasteiger partial charge in [-0.1, -0.05) is 197 Å². The van der Waals surface area contributed by atoms with Crippen LogP contribution in [0.2, 0.25) is 0 Å². The third-order valence-electron chi connectivity index (χ3n) is 10.4. The highest BCUT2D eigenvalue weighted by atomic mass is 15.2. The maximum Gasteiger partial charge on any atom is 0.261 e. The number of unbranched alkanes of at least 4 members (excludes halogenated alkanes) is 20. The van der Waals surface area contributed by atoms with E-state index in [0.717, 1.165) is 25.9 Å². The topological polar surface area (TPSA) is 8.81 Å². The van der Waals surface area contributed by atoms with Gasteiger partial charge >= 0.3 is 0 Å². The Hall–Kier alpha value is -2.35. The smallest absolute Gasteiger partial charge is 0.234 e. The van der Waals surface area contributed by atoms with E-state index in [1.54, 1.807) is 0 Å². The van der Waals surface area contributed by atoms with Crippen LogP contribution in [0.4, 0.5) is 0 Å².